The molecule has 0 saturated carbocycles. The molecule has 0 radical (unpaired) electrons. The summed E-state index contributed by atoms with van der Waals surface area (Å²) < 4.78 is 10.6. The molecular formula is C17H25NO3. The Morgan fingerprint density at radius 1 is 1.38 bits per heavy atom. The van der Waals surface area contributed by atoms with Crippen LogP contribution < -0.4 is 10.5 Å². The molecule has 2 N–H and O–H groups in total. The molecule has 0 saturated heterocycles. The lowest BCUT2D eigenvalue weighted by atomic mass is 9.84. The molecule has 116 valence electrons. The van der Waals surface area contributed by atoms with Crippen molar-refractivity contribution in [1.82, 2.24) is 0 Å². The monoisotopic (exact) mass is 291 g/mol. The number of hydrogen-bond donors (Lipinski definition) is 1. The lowest BCUT2D eigenvalue weighted by Crippen LogP contribution is -2.22. The van der Waals surface area contributed by atoms with Gasteiger partial charge in [0.1, 0.15) is 5.75 Å². The summed E-state index contributed by atoms with van der Waals surface area (Å²) in [6, 6.07) is 6.30. The first-order valence-corrected chi connectivity index (χ1v) is 7.83. The third-order valence-corrected chi connectivity index (χ3v) is 3.94. The van der Waals surface area contributed by atoms with Crippen molar-refractivity contribution in [1.29, 1.82) is 0 Å². The van der Waals surface area contributed by atoms with Crippen LogP contribution in [0.15, 0.2) is 18.2 Å². The average molecular weight is 291 g/mol. The number of fused-ring (bicyclic) bond motifs is 1. The smallest absolute Gasteiger partial charge is 0.305 e. The van der Waals surface area contributed by atoms with E-state index in [2.05, 4.69) is 12.1 Å². The van der Waals surface area contributed by atoms with E-state index in [0.29, 0.717) is 32.0 Å². The van der Waals surface area contributed by atoms with Crippen LogP contribution in [0.2, 0.25) is 0 Å². The van der Waals surface area contributed by atoms with Crippen molar-refractivity contribution >= 4 is 5.97 Å². The molecule has 4 heteroatoms. The molecule has 0 heterocycles. The summed E-state index contributed by atoms with van der Waals surface area (Å²) in [7, 11) is 0. The van der Waals surface area contributed by atoms with Crippen LogP contribution in [0, 0.1) is 5.92 Å². The van der Waals surface area contributed by atoms with Gasteiger partial charge in [-0.25, -0.2) is 0 Å². The van der Waals surface area contributed by atoms with Gasteiger partial charge in [0, 0.05) is 6.42 Å². The van der Waals surface area contributed by atoms with Gasteiger partial charge in [-0.15, -0.1) is 0 Å². The maximum atomic E-state index is 11.2. The second-order valence-corrected chi connectivity index (χ2v) is 5.53. The summed E-state index contributed by atoms with van der Waals surface area (Å²) in [5, 5.41) is 0. The van der Waals surface area contributed by atoms with Crippen molar-refractivity contribution in [2.75, 3.05) is 19.8 Å². The summed E-state index contributed by atoms with van der Waals surface area (Å²) in [5.41, 5.74) is 8.55. The summed E-state index contributed by atoms with van der Waals surface area (Å²) in [5.74, 6) is 1.32. The molecule has 0 aromatic heterocycles. The van der Waals surface area contributed by atoms with Crippen LogP contribution in [0.3, 0.4) is 0 Å². The Balaban J connectivity index is 1.81. The molecule has 0 bridgehead atoms. The number of carbonyl (C=O) groups is 1. The Labute approximate surface area is 126 Å². The molecule has 1 aliphatic carbocycles. The van der Waals surface area contributed by atoms with Gasteiger partial charge in [-0.2, -0.15) is 0 Å². The normalized spacial score (nSPS) is 17.1. The molecule has 0 amide bonds. The van der Waals surface area contributed by atoms with E-state index in [1.807, 2.05) is 13.0 Å². The zero-order valence-corrected chi connectivity index (χ0v) is 12.8. The van der Waals surface area contributed by atoms with Crippen LogP contribution in [-0.2, 0) is 22.4 Å². The number of carbonyl (C=O) groups excluding carboxylic acids is 1. The van der Waals surface area contributed by atoms with Crippen molar-refractivity contribution in [2.24, 2.45) is 11.7 Å². The zero-order valence-electron chi connectivity index (χ0n) is 12.8. The molecule has 4 nitrogen and oxygen atoms in total. The molecule has 0 fully saturated rings. The Kier molecular flexibility index (Phi) is 6.05. The van der Waals surface area contributed by atoms with Gasteiger partial charge < -0.3 is 15.2 Å². The lowest BCUT2D eigenvalue weighted by molar-refractivity contribution is -0.143. The minimum atomic E-state index is -0.155. The van der Waals surface area contributed by atoms with Crippen LogP contribution in [0.25, 0.3) is 0 Å². The van der Waals surface area contributed by atoms with Gasteiger partial charge in [-0.3, -0.25) is 4.79 Å². The van der Waals surface area contributed by atoms with Crippen molar-refractivity contribution in [3.05, 3.63) is 29.3 Å². The summed E-state index contributed by atoms with van der Waals surface area (Å²) >= 11 is 0. The van der Waals surface area contributed by atoms with Crippen LogP contribution >= 0.6 is 0 Å². The van der Waals surface area contributed by atoms with Crippen molar-refractivity contribution < 1.29 is 14.3 Å². The predicted octanol–water partition coefficient (Wildman–Crippen LogP) is 2.47. The molecule has 1 atom stereocenters. The van der Waals surface area contributed by atoms with E-state index in [-0.39, 0.29) is 5.97 Å². The van der Waals surface area contributed by atoms with Gasteiger partial charge in [0.05, 0.1) is 13.2 Å². The number of aryl methyl sites for hydroxylation is 1. The zero-order chi connectivity index (χ0) is 15.1. The minimum Gasteiger partial charge on any atom is -0.494 e. The third-order valence-electron chi connectivity index (χ3n) is 3.94. The molecular weight excluding hydrogens is 266 g/mol. The quantitative estimate of drug-likeness (QED) is 0.619. The number of rotatable bonds is 7. The second-order valence-electron chi connectivity index (χ2n) is 5.53. The van der Waals surface area contributed by atoms with E-state index in [0.717, 1.165) is 25.1 Å². The van der Waals surface area contributed by atoms with Gasteiger partial charge in [0.25, 0.3) is 0 Å². The summed E-state index contributed by atoms with van der Waals surface area (Å²) in [6.07, 6.45) is 4.44. The molecule has 21 heavy (non-hydrogen) atoms. The maximum absolute atomic E-state index is 11.2. The minimum absolute atomic E-state index is 0.155. The first kappa shape index (κ1) is 15.8. The molecule has 2 rings (SSSR count). The summed E-state index contributed by atoms with van der Waals surface area (Å²) in [6.45, 7) is 3.55. The third kappa shape index (κ3) is 4.74. The van der Waals surface area contributed by atoms with Crippen LogP contribution in [0.5, 0.6) is 5.75 Å². The first-order valence-electron chi connectivity index (χ1n) is 7.83. The lowest BCUT2D eigenvalue weighted by Gasteiger charge is -2.23. The van der Waals surface area contributed by atoms with Crippen molar-refractivity contribution in [3.8, 4) is 5.75 Å². The second kappa shape index (κ2) is 8.03. The van der Waals surface area contributed by atoms with E-state index < -0.39 is 0 Å². The van der Waals surface area contributed by atoms with E-state index in [1.165, 1.54) is 17.5 Å². The van der Waals surface area contributed by atoms with E-state index in [1.54, 1.807) is 0 Å². The molecule has 1 aliphatic rings. The van der Waals surface area contributed by atoms with Crippen LogP contribution in [0.4, 0.5) is 0 Å². The predicted molar refractivity (Wildman–Crippen MR) is 82.4 cm³/mol. The van der Waals surface area contributed by atoms with Crippen LogP contribution in [-0.4, -0.2) is 25.7 Å². The average Bonchev–Trinajstić information content (AvgIpc) is 2.51. The van der Waals surface area contributed by atoms with Crippen molar-refractivity contribution in [2.45, 2.75) is 39.0 Å². The number of esters is 1. The molecule has 1 unspecified atom stereocenters. The van der Waals surface area contributed by atoms with E-state index >= 15 is 0 Å². The topological polar surface area (TPSA) is 61.5 Å². The van der Waals surface area contributed by atoms with Gasteiger partial charge in [-0.05, 0) is 68.3 Å². The van der Waals surface area contributed by atoms with Gasteiger partial charge >= 0.3 is 5.97 Å². The number of benzene rings is 1. The number of hydrogen-bond acceptors (Lipinski definition) is 4. The molecule has 0 spiro atoms. The van der Waals surface area contributed by atoms with Gasteiger partial charge in [0.2, 0.25) is 0 Å². The molecule has 1 aromatic rings. The first-order chi connectivity index (χ1) is 10.2. The van der Waals surface area contributed by atoms with E-state index in [4.69, 9.17) is 15.2 Å². The summed E-state index contributed by atoms with van der Waals surface area (Å²) in [4.78, 5) is 11.2. The SMILES string of the molecule is CCOC(=O)CCCOc1ccc2c(c1)CC(CN)CC2. The Bertz CT molecular complexity index is 473. The highest BCUT2D eigenvalue weighted by molar-refractivity contribution is 5.69. The highest BCUT2D eigenvalue weighted by atomic mass is 16.5. The molecule has 0 aliphatic heterocycles. The number of ether oxygens (including phenoxy) is 2. The fourth-order valence-electron chi connectivity index (χ4n) is 2.74. The fraction of sp³-hybridized carbons (Fsp3) is 0.588. The van der Waals surface area contributed by atoms with Crippen molar-refractivity contribution in [3.63, 3.8) is 0 Å². The van der Waals surface area contributed by atoms with Crippen LogP contribution in [0.1, 0.15) is 37.3 Å². The van der Waals surface area contributed by atoms with Gasteiger partial charge in [-0.1, -0.05) is 6.07 Å². The number of nitrogens with two attached hydrogens (primary N) is 1. The largest absolute Gasteiger partial charge is 0.494 e. The Hall–Kier alpha value is -1.55. The highest BCUT2D eigenvalue weighted by Gasteiger charge is 2.17. The maximum Gasteiger partial charge on any atom is 0.305 e. The fourth-order valence-corrected chi connectivity index (χ4v) is 2.74. The standard InChI is InChI=1S/C17H25NO3/c1-2-20-17(19)4-3-9-21-16-8-7-14-6-5-13(12-18)10-15(14)11-16/h7-8,11,13H,2-6,9-10,12,18H2,1H3. The van der Waals surface area contributed by atoms with E-state index in [9.17, 15) is 4.79 Å². The highest BCUT2D eigenvalue weighted by Crippen LogP contribution is 2.28. The van der Waals surface area contributed by atoms with Gasteiger partial charge in [0.15, 0.2) is 0 Å². The Morgan fingerprint density at radius 3 is 3.00 bits per heavy atom. The molecule has 1 aromatic carbocycles. The Morgan fingerprint density at radius 2 is 2.24 bits per heavy atom.